The highest BCUT2D eigenvalue weighted by molar-refractivity contribution is 5.69. The zero-order chi connectivity index (χ0) is 11.9. The Balaban J connectivity index is 1.65. The maximum Gasteiger partial charge on any atom is 0.306 e. The van der Waals surface area contributed by atoms with E-state index in [1.807, 2.05) is 6.92 Å². The normalized spacial score (nSPS) is 57.8. The van der Waals surface area contributed by atoms with E-state index in [0.29, 0.717) is 29.1 Å². The van der Waals surface area contributed by atoms with Crippen molar-refractivity contribution in [2.45, 2.75) is 64.4 Å². The summed E-state index contributed by atoms with van der Waals surface area (Å²) in [6, 6.07) is 0. The molecule has 2 spiro atoms. The summed E-state index contributed by atoms with van der Waals surface area (Å²) in [6.07, 6.45) is 8.83. The van der Waals surface area contributed by atoms with Crippen LogP contribution in [-0.2, 0) is 9.53 Å². The van der Waals surface area contributed by atoms with Gasteiger partial charge in [0.15, 0.2) is 0 Å². The highest BCUT2D eigenvalue weighted by Crippen LogP contribution is 2.79. The van der Waals surface area contributed by atoms with Crippen molar-refractivity contribution in [3.8, 4) is 0 Å². The molecule has 0 aliphatic heterocycles. The standard InChI is InChI=1S/C15H22O2/c1-3-12(16)17-13(2)10-4-14-6-11(13)7-15(5-10,8-14)9-14/h10-11H,3-9H2,1-2H3. The van der Waals surface area contributed by atoms with Crippen molar-refractivity contribution < 1.29 is 9.53 Å². The van der Waals surface area contributed by atoms with Crippen molar-refractivity contribution in [3.05, 3.63) is 0 Å². The summed E-state index contributed by atoms with van der Waals surface area (Å²) >= 11 is 0. The lowest BCUT2D eigenvalue weighted by molar-refractivity contribution is -0.296. The molecule has 7 rings (SSSR count). The SMILES string of the molecule is CCC(=O)OC1(C)C2CC34CC1CC(C2)(C3)C4. The van der Waals surface area contributed by atoms with Crippen LogP contribution in [0.3, 0.4) is 0 Å². The molecule has 0 aromatic rings. The van der Waals surface area contributed by atoms with E-state index in [2.05, 4.69) is 6.92 Å². The van der Waals surface area contributed by atoms with E-state index in [1.54, 1.807) is 0 Å². The number of carbonyl (C=O) groups is 1. The van der Waals surface area contributed by atoms with Crippen LogP contribution in [0, 0.1) is 22.7 Å². The van der Waals surface area contributed by atoms with Gasteiger partial charge in [-0.05, 0) is 68.1 Å². The zero-order valence-electron chi connectivity index (χ0n) is 10.9. The van der Waals surface area contributed by atoms with Gasteiger partial charge in [-0.3, -0.25) is 4.79 Å². The van der Waals surface area contributed by atoms with Crippen molar-refractivity contribution in [2.75, 3.05) is 0 Å². The van der Waals surface area contributed by atoms with E-state index in [0.717, 1.165) is 0 Å². The lowest BCUT2D eigenvalue weighted by Crippen LogP contribution is -2.71. The van der Waals surface area contributed by atoms with Gasteiger partial charge in [-0.15, -0.1) is 0 Å². The predicted octanol–water partition coefficient (Wildman–Crippen LogP) is 3.30. The lowest BCUT2D eigenvalue weighted by Gasteiger charge is -2.76. The first-order chi connectivity index (χ1) is 7.99. The van der Waals surface area contributed by atoms with Gasteiger partial charge >= 0.3 is 5.97 Å². The van der Waals surface area contributed by atoms with E-state index >= 15 is 0 Å². The van der Waals surface area contributed by atoms with Crippen LogP contribution in [0.15, 0.2) is 0 Å². The number of rotatable bonds is 2. The Labute approximate surface area is 103 Å². The summed E-state index contributed by atoms with van der Waals surface area (Å²) < 4.78 is 5.89. The molecule has 7 saturated carbocycles. The Morgan fingerprint density at radius 1 is 1.12 bits per heavy atom. The molecule has 2 nitrogen and oxygen atoms in total. The average Bonchev–Trinajstić information content (AvgIpc) is 2.24. The van der Waals surface area contributed by atoms with Crippen molar-refractivity contribution in [1.82, 2.24) is 0 Å². The molecule has 0 atom stereocenters. The first-order valence-corrected chi connectivity index (χ1v) is 7.21. The molecular formula is C15H22O2. The maximum absolute atomic E-state index is 11.7. The molecule has 0 saturated heterocycles. The molecule has 7 aliphatic rings. The molecule has 0 amide bonds. The highest BCUT2D eigenvalue weighted by atomic mass is 16.6. The molecule has 17 heavy (non-hydrogen) atoms. The summed E-state index contributed by atoms with van der Waals surface area (Å²) in [6.45, 7) is 4.12. The van der Waals surface area contributed by atoms with Crippen molar-refractivity contribution in [1.29, 1.82) is 0 Å². The zero-order valence-corrected chi connectivity index (χ0v) is 10.9. The molecule has 0 aromatic heterocycles. The van der Waals surface area contributed by atoms with Gasteiger partial charge in [-0.25, -0.2) is 0 Å². The van der Waals surface area contributed by atoms with Crippen LogP contribution in [0.5, 0.6) is 0 Å². The van der Waals surface area contributed by atoms with Crippen LogP contribution in [-0.4, -0.2) is 11.6 Å². The molecule has 2 heteroatoms. The minimum atomic E-state index is -0.124. The fourth-order valence-corrected chi connectivity index (χ4v) is 6.15. The Hall–Kier alpha value is -0.530. The van der Waals surface area contributed by atoms with Gasteiger partial charge in [0.1, 0.15) is 5.60 Å². The maximum atomic E-state index is 11.7. The third-order valence-corrected chi connectivity index (χ3v) is 6.46. The van der Waals surface area contributed by atoms with E-state index in [1.165, 1.54) is 38.5 Å². The predicted molar refractivity (Wildman–Crippen MR) is 64.3 cm³/mol. The van der Waals surface area contributed by atoms with Crippen LogP contribution < -0.4 is 0 Å². The smallest absolute Gasteiger partial charge is 0.306 e. The average molecular weight is 234 g/mol. The Bertz CT molecular complexity index is 352. The molecule has 7 aliphatic carbocycles. The molecule has 4 bridgehead atoms. The van der Waals surface area contributed by atoms with Crippen LogP contribution in [0.2, 0.25) is 0 Å². The number of carbonyl (C=O) groups excluding carboxylic acids is 1. The second kappa shape index (κ2) is 2.73. The van der Waals surface area contributed by atoms with Crippen LogP contribution in [0.4, 0.5) is 0 Å². The van der Waals surface area contributed by atoms with Gasteiger partial charge in [-0.1, -0.05) is 6.92 Å². The van der Waals surface area contributed by atoms with E-state index in [4.69, 9.17) is 4.74 Å². The molecule has 0 unspecified atom stereocenters. The third-order valence-electron chi connectivity index (χ3n) is 6.46. The lowest BCUT2D eigenvalue weighted by atomic mass is 9.30. The van der Waals surface area contributed by atoms with Gasteiger partial charge in [0.2, 0.25) is 0 Å². The Morgan fingerprint density at radius 2 is 1.59 bits per heavy atom. The summed E-state index contributed by atoms with van der Waals surface area (Å²) in [5, 5.41) is 0. The van der Waals surface area contributed by atoms with E-state index < -0.39 is 0 Å². The number of esters is 1. The van der Waals surface area contributed by atoms with Gasteiger partial charge in [0.25, 0.3) is 0 Å². The summed E-state index contributed by atoms with van der Waals surface area (Å²) in [5.74, 6) is 1.32. The Morgan fingerprint density at radius 3 is 2.00 bits per heavy atom. The summed E-state index contributed by atoms with van der Waals surface area (Å²) in [7, 11) is 0. The van der Waals surface area contributed by atoms with E-state index in [-0.39, 0.29) is 11.6 Å². The van der Waals surface area contributed by atoms with Crippen molar-refractivity contribution in [2.24, 2.45) is 22.7 Å². The van der Waals surface area contributed by atoms with Crippen molar-refractivity contribution >= 4 is 5.97 Å². The molecule has 0 heterocycles. The molecular weight excluding hydrogens is 212 g/mol. The van der Waals surface area contributed by atoms with Crippen LogP contribution in [0.25, 0.3) is 0 Å². The Kier molecular flexibility index (Phi) is 1.67. The van der Waals surface area contributed by atoms with Gasteiger partial charge in [0, 0.05) is 6.42 Å². The second-order valence-electron chi connectivity index (χ2n) is 7.58. The molecule has 7 fully saturated rings. The molecule has 0 aromatic carbocycles. The minimum absolute atomic E-state index is 0.00338. The monoisotopic (exact) mass is 234 g/mol. The summed E-state index contributed by atoms with van der Waals surface area (Å²) in [4.78, 5) is 11.7. The van der Waals surface area contributed by atoms with Crippen LogP contribution in [0.1, 0.15) is 58.8 Å². The molecule has 0 radical (unpaired) electrons. The number of hydrogen-bond acceptors (Lipinski definition) is 2. The second-order valence-corrected chi connectivity index (χ2v) is 7.58. The first kappa shape index (κ1) is 10.4. The van der Waals surface area contributed by atoms with Gasteiger partial charge in [0.05, 0.1) is 0 Å². The number of ether oxygens (including phenoxy) is 1. The molecule has 0 N–H and O–H groups in total. The van der Waals surface area contributed by atoms with Crippen molar-refractivity contribution in [3.63, 3.8) is 0 Å². The van der Waals surface area contributed by atoms with Gasteiger partial charge < -0.3 is 4.74 Å². The number of hydrogen-bond donors (Lipinski definition) is 0. The fourth-order valence-electron chi connectivity index (χ4n) is 6.15. The minimum Gasteiger partial charge on any atom is -0.459 e. The quantitative estimate of drug-likeness (QED) is 0.685. The fraction of sp³-hybridized carbons (Fsp3) is 0.933. The van der Waals surface area contributed by atoms with E-state index in [9.17, 15) is 4.79 Å². The summed E-state index contributed by atoms with van der Waals surface area (Å²) in [5.41, 5.74) is 1.24. The molecule has 94 valence electrons. The largest absolute Gasteiger partial charge is 0.459 e. The highest BCUT2D eigenvalue weighted by Gasteiger charge is 2.73. The third kappa shape index (κ3) is 1.10. The van der Waals surface area contributed by atoms with Gasteiger partial charge in [-0.2, -0.15) is 0 Å². The topological polar surface area (TPSA) is 26.3 Å². The van der Waals surface area contributed by atoms with Crippen LogP contribution >= 0.6 is 0 Å². The first-order valence-electron chi connectivity index (χ1n) is 7.21.